The van der Waals surface area contributed by atoms with Crippen molar-refractivity contribution in [3.8, 4) is 17.0 Å². The van der Waals surface area contributed by atoms with Crippen LogP contribution in [-0.4, -0.2) is 67.4 Å². The summed E-state index contributed by atoms with van der Waals surface area (Å²) in [6.07, 6.45) is 0.977. The van der Waals surface area contributed by atoms with Crippen LogP contribution in [0.3, 0.4) is 0 Å². The van der Waals surface area contributed by atoms with Gasteiger partial charge in [-0.1, -0.05) is 12.1 Å². The minimum atomic E-state index is -0.280. The Morgan fingerprint density at radius 3 is 2.66 bits per heavy atom. The van der Waals surface area contributed by atoms with Crippen molar-refractivity contribution < 1.29 is 14.3 Å². The number of amides is 2. The molecule has 1 aliphatic heterocycles. The third-order valence-electron chi connectivity index (χ3n) is 6.18. The van der Waals surface area contributed by atoms with Crippen LogP contribution in [0.15, 0.2) is 42.5 Å². The van der Waals surface area contributed by atoms with Crippen LogP contribution in [0.2, 0.25) is 0 Å². The lowest BCUT2D eigenvalue weighted by Gasteiger charge is -2.26. The summed E-state index contributed by atoms with van der Waals surface area (Å²) < 4.78 is 13.7. The number of aryl methyl sites for hydroxylation is 1. The van der Waals surface area contributed by atoms with Gasteiger partial charge in [0, 0.05) is 61.3 Å². The van der Waals surface area contributed by atoms with Crippen molar-refractivity contribution in [2.75, 3.05) is 62.9 Å². The molecule has 1 saturated heterocycles. The molecule has 0 unspecified atom stereocenters. The molecule has 2 amide bonds. The summed E-state index contributed by atoms with van der Waals surface area (Å²) in [6.45, 7) is 8.61. The van der Waals surface area contributed by atoms with E-state index in [1.807, 2.05) is 36.4 Å². The van der Waals surface area contributed by atoms with Crippen molar-refractivity contribution >= 4 is 39.9 Å². The Balaban J connectivity index is 1.46. The molecule has 4 rings (SSSR count). The number of hydrogen-bond acceptors (Lipinski definition) is 5. The van der Waals surface area contributed by atoms with E-state index in [0.717, 1.165) is 79.4 Å². The Hall–Kier alpha value is -2.94. The van der Waals surface area contributed by atoms with E-state index in [4.69, 9.17) is 26.8 Å². The predicted octanol–water partition coefficient (Wildman–Crippen LogP) is 4.37. The van der Waals surface area contributed by atoms with Gasteiger partial charge in [-0.25, -0.2) is 4.79 Å². The summed E-state index contributed by atoms with van der Waals surface area (Å²) in [5.41, 5.74) is 11.0. The van der Waals surface area contributed by atoms with Crippen LogP contribution in [0.4, 0.5) is 16.2 Å². The number of urea groups is 1. The van der Waals surface area contributed by atoms with E-state index in [0.29, 0.717) is 24.7 Å². The Morgan fingerprint density at radius 2 is 1.94 bits per heavy atom. The van der Waals surface area contributed by atoms with Gasteiger partial charge in [0.25, 0.3) is 0 Å². The zero-order valence-corrected chi connectivity index (χ0v) is 20.9. The quantitative estimate of drug-likeness (QED) is 0.284. The fraction of sp³-hybridized carbons (Fsp3) is 0.423. The molecule has 9 heteroatoms. The number of benzene rings is 2. The van der Waals surface area contributed by atoms with Crippen LogP contribution >= 0.6 is 11.6 Å². The van der Waals surface area contributed by atoms with Gasteiger partial charge in [0.05, 0.1) is 36.7 Å². The lowest BCUT2D eigenvalue weighted by Crippen LogP contribution is -2.37. The van der Waals surface area contributed by atoms with Gasteiger partial charge in [-0.3, -0.25) is 4.90 Å². The third kappa shape index (κ3) is 6.20. The van der Waals surface area contributed by atoms with Crippen molar-refractivity contribution in [1.82, 2.24) is 14.8 Å². The van der Waals surface area contributed by atoms with Gasteiger partial charge in [0.2, 0.25) is 0 Å². The van der Waals surface area contributed by atoms with Gasteiger partial charge in [-0.05, 0) is 37.6 Å². The van der Waals surface area contributed by atoms with Crippen LogP contribution in [-0.2, 0) is 11.3 Å². The van der Waals surface area contributed by atoms with Gasteiger partial charge in [0.1, 0.15) is 5.75 Å². The first-order chi connectivity index (χ1) is 17.1. The molecule has 3 aromatic rings. The van der Waals surface area contributed by atoms with Gasteiger partial charge < -0.3 is 30.4 Å². The number of halogens is 1. The van der Waals surface area contributed by atoms with E-state index in [1.54, 1.807) is 0 Å². The number of morpholine rings is 1. The number of nitrogens with one attached hydrogen (secondary N) is 2. The fourth-order valence-corrected chi connectivity index (χ4v) is 4.53. The summed E-state index contributed by atoms with van der Waals surface area (Å²) in [4.78, 5) is 14.3. The Morgan fingerprint density at radius 1 is 1.17 bits per heavy atom. The average molecular weight is 500 g/mol. The SMILES string of the molecule is CCn1c(-c2ccc(NC(=O)NCCCl)cc2)c(N)c2ccc(OCCCN3CCOCC3)cc21. The maximum Gasteiger partial charge on any atom is 0.319 e. The molecule has 0 bridgehead atoms. The number of alkyl halides is 1. The molecule has 1 fully saturated rings. The van der Waals surface area contributed by atoms with Crippen LogP contribution in [0.5, 0.6) is 5.75 Å². The molecule has 0 radical (unpaired) electrons. The van der Waals surface area contributed by atoms with E-state index >= 15 is 0 Å². The number of rotatable bonds is 10. The molecule has 0 aliphatic carbocycles. The molecule has 1 aromatic heterocycles. The standard InChI is InChI=1S/C26H34ClN5O3/c1-2-32-23-18-21(35-15-3-12-31-13-16-34-17-14-31)8-9-22(23)24(28)25(32)19-4-6-20(7-5-19)30-26(33)29-11-10-27/h4-9,18H,2-3,10-17,28H2,1H3,(H2,29,30,33). The van der Waals surface area contributed by atoms with Crippen LogP contribution in [0, 0.1) is 0 Å². The molecule has 0 saturated carbocycles. The third-order valence-corrected chi connectivity index (χ3v) is 6.37. The molecular weight excluding hydrogens is 466 g/mol. The summed E-state index contributed by atoms with van der Waals surface area (Å²) in [6, 6.07) is 13.5. The normalized spacial score (nSPS) is 14.2. The summed E-state index contributed by atoms with van der Waals surface area (Å²) in [5.74, 6) is 1.22. The number of carbonyl (C=O) groups excluding carboxylic acids is 1. The lowest BCUT2D eigenvalue weighted by atomic mass is 10.1. The summed E-state index contributed by atoms with van der Waals surface area (Å²) in [5, 5.41) is 6.50. The van der Waals surface area contributed by atoms with Crippen molar-refractivity contribution in [3.63, 3.8) is 0 Å². The summed E-state index contributed by atoms with van der Waals surface area (Å²) >= 11 is 5.61. The van der Waals surface area contributed by atoms with Crippen molar-refractivity contribution in [2.24, 2.45) is 0 Å². The molecule has 1 aliphatic rings. The van der Waals surface area contributed by atoms with E-state index in [1.165, 1.54) is 0 Å². The topological polar surface area (TPSA) is 93.8 Å². The van der Waals surface area contributed by atoms with Crippen LogP contribution < -0.4 is 21.1 Å². The van der Waals surface area contributed by atoms with Crippen molar-refractivity contribution in [1.29, 1.82) is 0 Å². The van der Waals surface area contributed by atoms with Crippen LogP contribution in [0.1, 0.15) is 13.3 Å². The van der Waals surface area contributed by atoms with E-state index < -0.39 is 0 Å². The maximum atomic E-state index is 11.9. The molecule has 35 heavy (non-hydrogen) atoms. The molecule has 4 N–H and O–H groups in total. The highest BCUT2D eigenvalue weighted by Gasteiger charge is 2.17. The number of nitrogens with two attached hydrogens (primary N) is 1. The summed E-state index contributed by atoms with van der Waals surface area (Å²) in [7, 11) is 0. The molecular formula is C26H34ClN5O3. The predicted molar refractivity (Wildman–Crippen MR) is 143 cm³/mol. The molecule has 0 spiro atoms. The first-order valence-electron chi connectivity index (χ1n) is 12.2. The van der Waals surface area contributed by atoms with Gasteiger partial charge in [0.15, 0.2) is 0 Å². The minimum Gasteiger partial charge on any atom is -0.493 e. The number of aromatic nitrogens is 1. The van der Waals surface area contributed by atoms with Gasteiger partial charge >= 0.3 is 6.03 Å². The van der Waals surface area contributed by atoms with E-state index in [9.17, 15) is 4.79 Å². The van der Waals surface area contributed by atoms with E-state index in [-0.39, 0.29) is 6.03 Å². The number of ether oxygens (including phenoxy) is 2. The Kier molecular flexibility index (Phi) is 8.74. The highest BCUT2D eigenvalue weighted by Crippen LogP contribution is 2.38. The zero-order valence-electron chi connectivity index (χ0n) is 20.2. The van der Waals surface area contributed by atoms with Crippen molar-refractivity contribution in [2.45, 2.75) is 19.9 Å². The minimum absolute atomic E-state index is 0.280. The Labute approximate surface area is 211 Å². The first kappa shape index (κ1) is 25.2. The van der Waals surface area contributed by atoms with Gasteiger partial charge in [-0.15, -0.1) is 11.6 Å². The Bertz CT molecular complexity index is 1130. The maximum absolute atomic E-state index is 11.9. The molecule has 8 nitrogen and oxygen atoms in total. The molecule has 188 valence electrons. The molecule has 2 heterocycles. The van der Waals surface area contributed by atoms with Crippen molar-refractivity contribution in [3.05, 3.63) is 42.5 Å². The molecule has 0 atom stereocenters. The zero-order chi connectivity index (χ0) is 24.6. The second-order valence-corrected chi connectivity index (χ2v) is 8.87. The van der Waals surface area contributed by atoms with E-state index in [2.05, 4.69) is 33.1 Å². The highest BCUT2D eigenvalue weighted by atomic mass is 35.5. The monoisotopic (exact) mass is 499 g/mol. The smallest absolute Gasteiger partial charge is 0.319 e. The number of anilines is 2. The highest BCUT2D eigenvalue weighted by molar-refractivity contribution is 6.18. The number of hydrogen-bond donors (Lipinski definition) is 3. The number of carbonyl (C=O) groups is 1. The number of nitrogen functional groups attached to an aromatic ring is 1. The fourth-order valence-electron chi connectivity index (χ4n) is 4.44. The average Bonchev–Trinajstić information content (AvgIpc) is 3.17. The second-order valence-electron chi connectivity index (χ2n) is 8.49. The van der Waals surface area contributed by atoms with Crippen LogP contribution in [0.25, 0.3) is 22.2 Å². The van der Waals surface area contributed by atoms with Gasteiger partial charge in [-0.2, -0.15) is 0 Å². The lowest BCUT2D eigenvalue weighted by molar-refractivity contribution is 0.0358. The number of nitrogens with zero attached hydrogens (tertiary/aromatic N) is 2. The largest absolute Gasteiger partial charge is 0.493 e. The molecule has 2 aromatic carbocycles. The second kappa shape index (κ2) is 12.2. The number of fused-ring (bicyclic) bond motifs is 1. The first-order valence-corrected chi connectivity index (χ1v) is 12.7.